The van der Waals surface area contributed by atoms with Crippen molar-refractivity contribution in [1.82, 2.24) is 4.90 Å². The Kier molecular flexibility index (Phi) is 7.48. The van der Waals surface area contributed by atoms with Crippen molar-refractivity contribution >= 4 is 17.6 Å². The van der Waals surface area contributed by atoms with Gasteiger partial charge in [0.1, 0.15) is 11.4 Å². The second kappa shape index (κ2) is 10.5. The first-order valence-corrected chi connectivity index (χ1v) is 15.1. The molecule has 1 heterocycles. The van der Waals surface area contributed by atoms with Gasteiger partial charge in [0, 0.05) is 5.56 Å². The number of benzene rings is 2. The molecule has 214 valence electrons. The quantitative estimate of drug-likeness (QED) is 0.382. The lowest BCUT2D eigenvalue weighted by Gasteiger charge is -2.47. The van der Waals surface area contributed by atoms with Gasteiger partial charge in [0.05, 0.1) is 11.6 Å². The highest BCUT2D eigenvalue weighted by Gasteiger charge is 2.52. The van der Waals surface area contributed by atoms with Crippen LogP contribution in [0.4, 0.5) is 0 Å². The molecular formula is C35H46N2O3. The molecule has 5 heteroatoms. The molecular weight excluding hydrogens is 496 g/mol. The summed E-state index contributed by atoms with van der Waals surface area (Å²) in [6.07, 6.45) is 8.02. The standard InChI is InChI=1S/C35H46N2O3/c1-33(2,3)20-19-29(25-11-15-27(16-12-25)32(39)40)37-31(38)30(26-13-9-24(10-14-26)23-7-8-23)36-35(37)21-17-28(18-22-35)34(4,5)6/h9-16,23,28-29H,7-8,17-22H2,1-6H3,(H,39,40)/t28?,29-,35?/m1/s1. The van der Waals surface area contributed by atoms with Gasteiger partial charge >= 0.3 is 5.97 Å². The van der Waals surface area contributed by atoms with Gasteiger partial charge in [0.15, 0.2) is 0 Å². The van der Waals surface area contributed by atoms with E-state index < -0.39 is 11.6 Å². The minimum Gasteiger partial charge on any atom is -0.478 e. The van der Waals surface area contributed by atoms with Crippen molar-refractivity contribution in [3.05, 3.63) is 70.8 Å². The van der Waals surface area contributed by atoms with Crippen molar-refractivity contribution in [3.8, 4) is 0 Å². The van der Waals surface area contributed by atoms with Crippen molar-refractivity contribution in [2.45, 2.75) is 111 Å². The average molecular weight is 543 g/mol. The zero-order valence-corrected chi connectivity index (χ0v) is 25.2. The van der Waals surface area contributed by atoms with Crippen LogP contribution < -0.4 is 0 Å². The van der Waals surface area contributed by atoms with Crippen molar-refractivity contribution in [2.75, 3.05) is 0 Å². The highest BCUT2D eigenvalue weighted by molar-refractivity contribution is 6.46. The number of hydrogen-bond donors (Lipinski definition) is 1. The Labute approximate surface area is 240 Å². The molecule has 5 rings (SSSR count). The van der Waals surface area contributed by atoms with Gasteiger partial charge in [-0.1, -0.05) is 77.9 Å². The van der Waals surface area contributed by atoms with Gasteiger partial charge in [-0.15, -0.1) is 0 Å². The molecule has 2 saturated carbocycles. The fraction of sp³-hybridized carbons (Fsp3) is 0.571. The number of aliphatic imine (C=N–C) groups is 1. The molecule has 0 unspecified atom stereocenters. The maximum Gasteiger partial charge on any atom is 0.335 e. The normalized spacial score (nSPS) is 24.4. The summed E-state index contributed by atoms with van der Waals surface area (Å²) in [5.41, 5.74) is 3.84. The first kappa shape index (κ1) is 28.6. The van der Waals surface area contributed by atoms with Gasteiger partial charge in [-0.3, -0.25) is 9.79 Å². The second-order valence-electron chi connectivity index (χ2n) is 14.7. The molecule has 5 nitrogen and oxygen atoms in total. The van der Waals surface area contributed by atoms with Crippen molar-refractivity contribution in [2.24, 2.45) is 21.7 Å². The predicted molar refractivity (Wildman–Crippen MR) is 161 cm³/mol. The number of nitrogens with zero attached hydrogens (tertiary/aromatic N) is 2. The van der Waals surface area contributed by atoms with Crippen LogP contribution in [0.25, 0.3) is 0 Å². The van der Waals surface area contributed by atoms with Crippen LogP contribution in [0, 0.1) is 16.7 Å². The van der Waals surface area contributed by atoms with Crippen molar-refractivity contribution < 1.29 is 14.7 Å². The van der Waals surface area contributed by atoms with Crippen molar-refractivity contribution in [3.63, 3.8) is 0 Å². The lowest BCUT2D eigenvalue weighted by molar-refractivity contribution is -0.134. The number of hydrogen-bond acceptors (Lipinski definition) is 3. The summed E-state index contributed by atoms with van der Waals surface area (Å²) in [6.45, 7) is 13.7. The molecule has 2 aliphatic carbocycles. The third-order valence-electron chi connectivity index (χ3n) is 9.46. The number of carbonyl (C=O) groups is 2. The Morgan fingerprint density at radius 3 is 2.05 bits per heavy atom. The van der Waals surface area contributed by atoms with Crippen LogP contribution in [0.3, 0.4) is 0 Å². The molecule has 2 fully saturated rings. The van der Waals surface area contributed by atoms with E-state index in [-0.39, 0.29) is 28.3 Å². The van der Waals surface area contributed by atoms with Gasteiger partial charge < -0.3 is 10.0 Å². The first-order valence-electron chi connectivity index (χ1n) is 15.1. The molecule has 0 radical (unpaired) electrons. The van der Waals surface area contributed by atoms with Crippen molar-refractivity contribution in [1.29, 1.82) is 0 Å². The molecule has 2 aromatic carbocycles. The molecule has 0 aromatic heterocycles. The molecule has 0 saturated heterocycles. The highest BCUT2D eigenvalue weighted by Crippen LogP contribution is 2.50. The molecule has 1 aliphatic heterocycles. The van der Waals surface area contributed by atoms with E-state index in [0.717, 1.165) is 49.7 Å². The molecule has 1 spiro atoms. The van der Waals surface area contributed by atoms with Gasteiger partial charge in [-0.2, -0.15) is 0 Å². The average Bonchev–Trinajstić information content (AvgIpc) is 3.71. The summed E-state index contributed by atoms with van der Waals surface area (Å²) in [5.74, 6) is 0.332. The Morgan fingerprint density at radius 2 is 1.55 bits per heavy atom. The minimum atomic E-state index is -0.938. The van der Waals surface area contributed by atoms with Crippen LogP contribution in [0.15, 0.2) is 53.5 Å². The van der Waals surface area contributed by atoms with E-state index >= 15 is 0 Å². The number of carbonyl (C=O) groups excluding carboxylic acids is 1. The number of carboxylic acid groups (broad SMARTS) is 1. The molecule has 1 atom stereocenters. The lowest BCUT2D eigenvalue weighted by atomic mass is 9.69. The predicted octanol–water partition coefficient (Wildman–Crippen LogP) is 8.39. The second-order valence-corrected chi connectivity index (χ2v) is 14.7. The molecule has 1 amide bonds. The smallest absolute Gasteiger partial charge is 0.335 e. The largest absolute Gasteiger partial charge is 0.478 e. The first-order chi connectivity index (χ1) is 18.8. The van der Waals surface area contributed by atoms with Gasteiger partial charge in [0.2, 0.25) is 0 Å². The number of rotatable bonds is 7. The summed E-state index contributed by atoms with van der Waals surface area (Å²) in [7, 11) is 0. The fourth-order valence-corrected chi connectivity index (χ4v) is 6.72. The van der Waals surface area contributed by atoms with Crippen LogP contribution in [0.2, 0.25) is 0 Å². The summed E-state index contributed by atoms with van der Waals surface area (Å²) in [6, 6.07) is 15.5. The van der Waals surface area contributed by atoms with Crippen LogP contribution >= 0.6 is 0 Å². The van der Waals surface area contributed by atoms with E-state index in [0.29, 0.717) is 17.5 Å². The Hall–Kier alpha value is -2.95. The van der Waals surface area contributed by atoms with Crippen LogP contribution in [-0.2, 0) is 4.79 Å². The minimum absolute atomic E-state index is 0.00889. The Morgan fingerprint density at radius 1 is 0.950 bits per heavy atom. The summed E-state index contributed by atoms with van der Waals surface area (Å²) in [5, 5.41) is 9.50. The highest BCUT2D eigenvalue weighted by atomic mass is 16.4. The molecule has 0 bridgehead atoms. The van der Waals surface area contributed by atoms with E-state index in [9.17, 15) is 14.7 Å². The van der Waals surface area contributed by atoms with Crippen LogP contribution in [-0.4, -0.2) is 33.3 Å². The third-order valence-corrected chi connectivity index (χ3v) is 9.46. The SMILES string of the molecule is CC(C)(C)CC[C@H](c1ccc(C(=O)O)cc1)N1C(=O)C(c2ccc(C3CC3)cc2)=NC12CCC(C(C)(C)C)CC2. The maximum absolute atomic E-state index is 14.5. The topological polar surface area (TPSA) is 70.0 Å². The summed E-state index contributed by atoms with van der Waals surface area (Å²) < 4.78 is 0. The maximum atomic E-state index is 14.5. The summed E-state index contributed by atoms with van der Waals surface area (Å²) in [4.78, 5) is 33.6. The Balaban J connectivity index is 1.55. The fourth-order valence-electron chi connectivity index (χ4n) is 6.72. The monoisotopic (exact) mass is 542 g/mol. The van der Waals surface area contributed by atoms with E-state index in [4.69, 9.17) is 4.99 Å². The zero-order valence-electron chi connectivity index (χ0n) is 25.2. The van der Waals surface area contributed by atoms with Gasteiger partial charge in [0.25, 0.3) is 5.91 Å². The third kappa shape index (κ3) is 5.89. The van der Waals surface area contributed by atoms with E-state index in [1.807, 2.05) is 12.1 Å². The van der Waals surface area contributed by atoms with E-state index in [1.165, 1.54) is 18.4 Å². The molecule has 2 aromatic rings. The molecule has 1 N–H and O–H groups in total. The number of aromatic carboxylic acids is 1. The molecule has 3 aliphatic rings. The molecule has 40 heavy (non-hydrogen) atoms. The van der Waals surface area contributed by atoms with Gasteiger partial charge in [-0.25, -0.2) is 4.79 Å². The lowest BCUT2D eigenvalue weighted by Crippen LogP contribution is -2.51. The number of carboxylic acids is 1. The van der Waals surface area contributed by atoms with Crippen LogP contribution in [0.1, 0.15) is 132 Å². The van der Waals surface area contributed by atoms with Crippen LogP contribution in [0.5, 0.6) is 0 Å². The zero-order chi connectivity index (χ0) is 28.9. The van der Waals surface area contributed by atoms with E-state index in [1.54, 1.807) is 12.1 Å². The van der Waals surface area contributed by atoms with Gasteiger partial charge in [-0.05, 0) is 97.3 Å². The summed E-state index contributed by atoms with van der Waals surface area (Å²) >= 11 is 0. The Bertz CT molecular complexity index is 1270. The number of amides is 1. The van der Waals surface area contributed by atoms with E-state index in [2.05, 4.69) is 70.7 Å².